The molecule has 20 heavy (non-hydrogen) atoms. The fourth-order valence-corrected chi connectivity index (χ4v) is 1.65. The zero-order valence-corrected chi connectivity index (χ0v) is 10.8. The largest absolute Gasteiger partial charge is 0.457 e. The highest BCUT2D eigenvalue weighted by atomic mass is 16.5. The van der Waals surface area contributed by atoms with Crippen LogP contribution in [0.3, 0.4) is 0 Å². The van der Waals surface area contributed by atoms with E-state index in [1.165, 1.54) is 0 Å². The van der Waals surface area contributed by atoms with Gasteiger partial charge in [0.15, 0.2) is 5.96 Å². The maximum Gasteiger partial charge on any atom is 0.338 e. The average Bonchev–Trinajstić information content (AvgIpc) is 2.46. The number of hydrogen-bond donors (Lipinski definition) is 3. The molecule has 4 N–H and O–H groups in total. The van der Waals surface area contributed by atoms with Crippen molar-refractivity contribution in [1.82, 2.24) is 0 Å². The van der Waals surface area contributed by atoms with Crippen LogP contribution in [0.4, 0.5) is 5.69 Å². The van der Waals surface area contributed by atoms with Gasteiger partial charge in [0.2, 0.25) is 0 Å². The van der Waals surface area contributed by atoms with Crippen LogP contribution >= 0.6 is 0 Å². The second-order valence-electron chi connectivity index (χ2n) is 4.18. The summed E-state index contributed by atoms with van der Waals surface area (Å²) in [4.78, 5) is 11.8. The van der Waals surface area contributed by atoms with Crippen LogP contribution in [0, 0.1) is 5.41 Å². The van der Waals surface area contributed by atoms with E-state index in [1.807, 2.05) is 30.3 Å². The van der Waals surface area contributed by atoms with Crippen LogP contribution in [0.15, 0.2) is 54.6 Å². The second kappa shape index (κ2) is 6.38. The number of esters is 1. The lowest BCUT2D eigenvalue weighted by Crippen LogP contribution is -2.20. The summed E-state index contributed by atoms with van der Waals surface area (Å²) in [5.74, 6) is -0.535. The number of nitrogens with one attached hydrogen (secondary N) is 2. The predicted molar refractivity (Wildman–Crippen MR) is 77.5 cm³/mol. The third kappa shape index (κ3) is 3.84. The van der Waals surface area contributed by atoms with Crippen LogP contribution in [-0.4, -0.2) is 11.9 Å². The predicted octanol–water partition coefficient (Wildman–Crippen LogP) is 2.35. The van der Waals surface area contributed by atoms with E-state index in [9.17, 15) is 4.79 Å². The van der Waals surface area contributed by atoms with Crippen molar-refractivity contribution in [2.75, 3.05) is 5.32 Å². The quantitative estimate of drug-likeness (QED) is 0.451. The fourth-order valence-electron chi connectivity index (χ4n) is 1.65. The van der Waals surface area contributed by atoms with E-state index < -0.39 is 0 Å². The highest BCUT2D eigenvalue weighted by molar-refractivity contribution is 5.92. The summed E-state index contributed by atoms with van der Waals surface area (Å²) in [6.07, 6.45) is 0. The molecule has 102 valence electrons. The minimum Gasteiger partial charge on any atom is -0.457 e. The first-order valence-corrected chi connectivity index (χ1v) is 6.07. The number of carbonyl (C=O) groups is 1. The molecular weight excluding hydrogens is 254 g/mol. The van der Waals surface area contributed by atoms with Gasteiger partial charge in [-0.1, -0.05) is 30.3 Å². The molecule has 0 amide bonds. The Morgan fingerprint density at radius 2 is 1.75 bits per heavy atom. The monoisotopic (exact) mass is 269 g/mol. The van der Waals surface area contributed by atoms with Gasteiger partial charge in [0.05, 0.1) is 5.56 Å². The Labute approximate surface area is 116 Å². The van der Waals surface area contributed by atoms with E-state index >= 15 is 0 Å². The highest BCUT2D eigenvalue weighted by Gasteiger charge is 2.07. The molecule has 0 aliphatic rings. The summed E-state index contributed by atoms with van der Waals surface area (Å²) in [6, 6.07) is 16.1. The SMILES string of the molecule is N=C(N)Nc1ccc(C(=O)OCc2ccccc2)cc1. The lowest BCUT2D eigenvalue weighted by atomic mass is 10.2. The smallest absolute Gasteiger partial charge is 0.338 e. The third-order valence-electron chi connectivity index (χ3n) is 2.61. The Morgan fingerprint density at radius 1 is 1.10 bits per heavy atom. The molecule has 2 aromatic rings. The van der Waals surface area contributed by atoms with E-state index in [0.717, 1.165) is 5.56 Å². The van der Waals surface area contributed by atoms with Crippen molar-refractivity contribution >= 4 is 17.6 Å². The second-order valence-corrected chi connectivity index (χ2v) is 4.18. The van der Waals surface area contributed by atoms with Gasteiger partial charge in [-0.3, -0.25) is 5.41 Å². The van der Waals surface area contributed by atoms with Crippen LogP contribution in [-0.2, 0) is 11.3 Å². The van der Waals surface area contributed by atoms with Gasteiger partial charge in [0.25, 0.3) is 0 Å². The lowest BCUT2D eigenvalue weighted by Gasteiger charge is -2.06. The van der Waals surface area contributed by atoms with Crippen LogP contribution in [0.5, 0.6) is 0 Å². The summed E-state index contributed by atoms with van der Waals surface area (Å²) in [7, 11) is 0. The number of hydrogen-bond acceptors (Lipinski definition) is 3. The van der Waals surface area contributed by atoms with Gasteiger partial charge >= 0.3 is 5.97 Å². The number of ether oxygens (including phenoxy) is 1. The van der Waals surface area contributed by atoms with Gasteiger partial charge in [-0.25, -0.2) is 4.79 Å². The normalized spacial score (nSPS) is 9.80. The standard InChI is InChI=1S/C15H15N3O2/c16-15(17)18-13-8-6-12(7-9-13)14(19)20-10-11-4-2-1-3-5-11/h1-9H,10H2,(H4,16,17,18). The average molecular weight is 269 g/mol. The maximum atomic E-state index is 11.8. The Morgan fingerprint density at radius 3 is 2.35 bits per heavy atom. The summed E-state index contributed by atoms with van der Waals surface area (Å²) >= 11 is 0. The number of guanidine groups is 1. The molecule has 5 heteroatoms. The number of benzene rings is 2. The first-order valence-electron chi connectivity index (χ1n) is 6.07. The molecule has 0 unspecified atom stereocenters. The molecular formula is C15H15N3O2. The number of nitrogens with two attached hydrogens (primary N) is 1. The van der Waals surface area contributed by atoms with Crippen molar-refractivity contribution in [2.24, 2.45) is 5.73 Å². The molecule has 0 saturated heterocycles. The van der Waals surface area contributed by atoms with E-state index in [1.54, 1.807) is 24.3 Å². The molecule has 0 aromatic heterocycles. The molecule has 0 heterocycles. The lowest BCUT2D eigenvalue weighted by molar-refractivity contribution is 0.0473. The topological polar surface area (TPSA) is 88.2 Å². The Bertz CT molecular complexity index is 594. The summed E-state index contributed by atoms with van der Waals surface area (Å²) < 4.78 is 5.21. The van der Waals surface area contributed by atoms with Crippen LogP contribution in [0.25, 0.3) is 0 Å². The van der Waals surface area contributed by atoms with Crippen LogP contribution in [0.1, 0.15) is 15.9 Å². The summed E-state index contributed by atoms with van der Waals surface area (Å²) in [6.45, 7) is 0.243. The van der Waals surface area contributed by atoms with E-state index in [2.05, 4.69) is 5.32 Å². The van der Waals surface area contributed by atoms with Crippen molar-refractivity contribution in [2.45, 2.75) is 6.61 Å². The minimum atomic E-state index is -0.386. The van der Waals surface area contributed by atoms with Gasteiger partial charge < -0.3 is 15.8 Å². The van der Waals surface area contributed by atoms with Crippen molar-refractivity contribution in [3.05, 3.63) is 65.7 Å². The van der Waals surface area contributed by atoms with Crippen molar-refractivity contribution in [3.8, 4) is 0 Å². The molecule has 0 aliphatic carbocycles. The zero-order chi connectivity index (χ0) is 14.4. The summed E-state index contributed by atoms with van der Waals surface area (Å²) in [5, 5.41) is 9.74. The molecule has 0 radical (unpaired) electrons. The highest BCUT2D eigenvalue weighted by Crippen LogP contribution is 2.11. The molecule has 0 bridgehead atoms. The van der Waals surface area contributed by atoms with Gasteiger partial charge in [-0.05, 0) is 29.8 Å². The van der Waals surface area contributed by atoms with Gasteiger partial charge in [0, 0.05) is 5.69 Å². The van der Waals surface area contributed by atoms with E-state index in [0.29, 0.717) is 11.3 Å². The van der Waals surface area contributed by atoms with E-state index in [-0.39, 0.29) is 18.5 Å². The van der Waals surface area contributed by atoms with E-state index in [4.69, 9.17) is 15.9 Å². The number of anilines is 1. The fraction of sp³-hybridized carbons (Fsp3) is 0.0667. The number of rotatable bonds is 4. The van der Waals surface area contributed by atoms with Gasteiger partial charge in [0.1, 0.15) is 6.61 Å². The van der Waals surface area contributed by atoms with Crippen molar-refractivity contribution in [1.29, 1.82) is 5.41 Å². The number of carbonyl (C=O) groups excluding carboxylic acids is 1. The molecule has 0 atom stereocenters. The zero-order valence-electron chi connectivity index (χ0n) is 10.8. The Hall–Kier alpha value is -2.82. The van der Waals surface area contributed by atoms with Crippen LogP contribution in [0.2, 0.25) is 0 Å². The first kappa shape index (κ1) is 13.6. The molecule has 0 fully saturated rings. The third-order valence-corrected chi connectivity index (χ3v) is 2.61. The molecule has 0 spiro atoms. The Kier molecular flexibility index (Phi) is 4.34. The molecule has 5 nitrogen and oxygen atoms in total. The molecule has 0 aliphatic heterocycles. The Balaban J connectivity index is 1.94. The minimum absolute atomic E-state index is 0.149. The first-order chi connectivity index (χ1) is 9.65. The van der Waals surface area contributed by atoms with Crippen molar-refractivity contribution < 1.29 is 9.53 Å². The van der Waals surface area contributed by atoms with Crippen LogP contribution < -0.4 is 11.1 Å². The molecule has 2 aromatic carbocycles. The molecule has 0 saturated carbocycles. The maximum absolute atomic E-state index is 11.8. The van der Waals surface area contributed by atoms with Crippen molar-refractivity contribution in [3.63, 3.8) is 0 Å². The van der Waals surface area contributed by atoms with Gasteiger partial charge in [-0.2, -0.15) is 0 Å². The molecule has 2 rings (SSSR count). The van der Waals surface area contributed by atoms with Gasteiger partial charge in [-0.15, -0.1) is 0 Å². The summed E-state index contributed by atoms with van der Waals surface area (Å²) in [5.41, 5.74) is 7.26.